The molecule has 0 aliphatic heterocycles. The molecule has 0 spiro atoms. The van der Waals surface area contributed by atoms with E-state index in [4.69, 9.17) is 0 Å². The van der Waals surface area contributed by atoms with Crippen molar-refractivity contribution >= 4 is 11.8 Å². The molecule has 0 bridgehead atoms. The Labute approximate surface area is 71.7 Å². The molecule has 4 heteroatoms. The van der Waals surface area contributed by atoms with Crippen LogP contribution in [-0.4, -0.2) is 25.0 Å². The molecule has 0 aromatic carbocycles. The second kappa shape index (κ2) is 4.33. The Morgan fingerprint density at radius 2 is 2.33 bits per heavy atom. The van der Waals surface area contributed by atoms with Gasteiger partial charge >= 0.3 is 0 Å². The van der Waals surface area contributed by atoms with Gasteiger partial charge in [0.05, 0.1) is 0 Å². The van der Waals surface area contributed by atoms with E-state index < -0.39 is 0 Å². The number of nitrogens with one attached hydrogen (secondary N) is 2. The Hall–Kier alpha value is -1.58. The van der Waals surface area contributed by atoms with Gasteiger partial charge in [0.1, 0.15) is 5.82 Å². The standard InChI is InChI=1S/C8H12N4/c1-9-8(10-2)12-7-5-3-4-6-11-7/h3-6H,1-2H3,(H2,9,10,11,12). The summed E-state index contributed by atoms with van der Waals surface area (Å²) in [7, 11) is 3.51. The minimum atomic E-state index is 0.703. The van der Waals surface area contributed by atoms with Gasteiger partial charge in [0.25, 0.3) is 0 Å². The van der Waals surface area contributed by atoms with E-state index in [-0.39, 0.29) is 0 Å². The lowest BCUT2D eigenvalue weighted by molar-refractivity contribution is 1.13. The van der Waals surface area contributed by atoms with Crippen molar-refractivity contribution in [1.29, 1.82) is 0 Å². The molecular formula is C8H12N4. The molecule has 0 amide bonds. The van der Waals surface area contributed by atoms with Crippen molar-refractivity contribution in [2.24, 2.45) is 4.99 Å². The summed E-state index contributed by atoms with van der Waals surface area (Å²) in [6, 6.07) is 5.66. The Kier molecular flexibility index (Phi) is 3.07. The molecule has 64 valence electrons. The molecule has 0 fully saturated rings. The topological polar surface area (TPSA) is 49.3 Å². The lowest BCUT2D eigenvalue weighted by Gasteiger charge is -2.06. The summed E-state index contributed by atoms with van der Waals surface area (Å²) in [6.07, 6.45) is 1.73. The van der Waals surface area contributed by atoms with Crippen molar-refractivity contribution in [2.75, 3.05) is 19.4 Å². The molecule has 1 aromatic rings. The average molecular weight is 164 g/mol. The van der Waals surface area contributed by atoms with E-state index in [1.54, 1.807) is 20.3 Å². The van der Waals surface area contributed by atoms with Gasteiger partial charge in [0, 0.05) is 20.3 Å². The Morgan fingerprint density at radius 1 is 1.50 bits per heavy atom. The number of rotatable bonds is 1. The van der Waals surface area contributed by atoms with Gasteiger partial charge in [-0.25, -0.2) is 4.98 Å². The molecule has 12 heavy (non-hydrogen) atoms. The first-order chi connectivity index (χ1) is 5.86. The number of pyridine rings is 1. The van der Waals surface area contributed by atoms with Crippen LogP contribution in [0.3, 0.4) is 0 Å². The highest BCUT2D eigenvalue weighted by atomic mass is 15.2. The van der Waals surface area contributed by atoms with Gasteiger partial charge in [-0.2, -0.15) is 0 Å². The molecule has 0 atom stereocenters. The minimum absolute atomic E-state index is 0.703. The van der Waals surface area contributed by atoms with Crippen LogP contribution in [0.1, 0.15) is 0 Å². The monoisotopic (exact) mass is 164 g/mol. The normalized spacial score (nSPS) is 11.0. The third kappa shape index (κ3) is 2.23. The van der Waals surface area contributed by atoms with Gasteiger partial charge in [0.15, 0.2) is 5.96 Å². The van der Waals surface area contributed by atoms with E-state index in [1.165, 1.54) is 0 Å². The molecule has 0 radical (unpaired) electrons. The highest BCUT2D eigenvalue weighted by molar-refractivity contribution is 5.92. The summed E-state index contributed by atoms with van der Waals surface area (Å²) in [5, 5.41) is 5.91. The Bertz CT molecular complexity index is 255. The average Bonchev–Trinajstić information content (AvgIpc) is 2.16. The lowest BCUT2D eigenvalue weighted by atomic mass is 10.5. The van der Waals surface area contributed by atoms with E-state index in [9.17, 15) is 0 Å². The number of hydrogen-bond donors (Lipinski definition) is 2. The Balaban J connectivity index is 2.64. The summed E-state index contributed by atoms with van der Waals surface area (Å²) < 4.78 is 0. The Morgan fingerprint density at radius 3 is 2.83 bits per heavy atom. The van der Waals surface area contributed by atoms with E-state index in [2.05, 4.69) is 20.6 Å². The van der Waals surface area contributed by atoms with Crippen molar-refractivity contribution in [3.63, 3.8) is 0 Å². The predicted molar refractivity (Wildman–Crippen MR) is 50.3 cm³/mol. The summed E-state index contributed by atoms with van der Waals surface area (Å²) in [5.41, 5.74) is 0. The number of anilines is 1. The highest BCUT2D eigenvalue weighted by Crippen LogP contribution is 1.98. The first kappa shape index (κ1) is 8.52. The number of nitrogens with zero attached hydrogens (tertiary/aromatic N) is 2. The predicted octanol–water partition coefficient (Wildman–Crippen LogP) is 0.699. The number of hydrogen-bond acceptors (Lipinski definition) is 2. The van der Waals surface area contributed by atoms with Crippen LogP contribution in [0.5, 0.6) is 0 Å². The van der Waals surface area contributed by atoms with Crippen LogP contribution >= 0.6 is 0 Å². The van der Waals surface area contributed by atoms with Gasteiger partial charge in [-0.3, -0.25) is 4.99 Å². The molecule has 0 unspecified atom stereocenters. The summed E-state index contributed by atoms with van der Waals surface area (Å²) in [5.74, 6) is 1.49. The highest BCUT2D eigenvalue weighted by Gasteiger charge is 1.94. The molecule has 0 aliphatic rings. The fourth-order valence-electron chi connectivity index (χ4n) is 0.788. The number of guanidine groups is 1. The van der Waals surface area contributed by atoms with Gasteiger partial charge in [-0.1, -0.05) is 6.07 Å². The van der Waals surface area contributed by atoms with E-state index in [1.807, 2.05) is 18.2 Å². The first-order valence-electron chi connectivity index (χ1n) is 3.69. The molecule has 1 heterocycles. The molecule has 0 saturated heterocycles. The smallest absolute Gasteiger partial charge is 0.196 e. The number of aromatic nitrogens is 1. The summed E-state index contributed by atoms with van der Waals surface area (Å²) in [6.45, 7) is 0. The molecule has 0 saturated carbocycles. The third-order valence-corrected chi connectivity index (χ3v) is 1.37. The van der Waals surface area contributed by atoms with Crippen LogP contribution < -0.4 is 10.6 Å². The summed E-state index contributed by atoms with van der Waals surface area (Å²) in [4.78, 5) is 8.04. The van der Waals surface area contributed by atoms with Crippen LogP contribution in [0, 0.1) is 0 Å². The maximum Gasteiger partial charge on any atom is 0.196 e. The van der Waals surface area contributed by atoms with Gasteiger partial charge < -0.3 is 10.6 Å². The molecule has 2 N–H and O–H groups in total. The molecular weight excluding hydrogens is 152 g/mol. The van der Waals surface area contributed by atoms with Crippen LogP contribution in [0.25, 0.3) is 0 Å². The molecule has 0 aliphatic carbocycles. The molecule has 1 aromatic heterocycles. The second-order valence-corrected chi connectivity index (χ2v) is 2.16. The van der Waals surface area contributed by atoms with E-state index in [0.717, 1.165) is 5.82 Å². The lowest BCUT2D eigenvalue weighted by Crippen LogP contribution is -2.27. The fourth-order valence-corrected chi connectivity index (χ4v) is 0.788. The largest absolute Gasteiger partial charge is 0.359 e. The van der Waals surface area contributed by atoms with Crippen LogP contribution in [0.2, 0.25) is 0 Å². The molecule has 4 nitrogen and oxygen atoms in total. The quantitative estimate of drug-likeness (QED) is 0.474. The molecule has 1 rings (SSSR count). The van der Waals surface area contributed by atoms with E-state index in [0.29, 0.717) is 5.96 Å². The maximum atomic E-state index is 4.08. The maximum absolute atomic E-state index is 4.08. The van der Waals surface area contributed by atoms with Crippen molar-refractivity contribution < 1.29 is 0 Å². The van der Waals surface area contributed by atoms with Crippen molar-refractivity contribution in [3.8, 4) is 0 Å². The SMILES string of the molecule is CN=C(NC)Nc1ccccn1. The minimum Gasteiger partial charge on any atom is -0.359 e. The zero-order valence-electron chi connectivity index (χ0n) is 7.20. The zero-order valence-corrected chi connectivity index (χ0v) is 7.20. The second-order valence-electron chi connectivity index (χ2n) is 2.16. The van der Waals surface area contributed by atoms with Crippen LogP contribution in [0.15, 0.2) is 29.4 Å². The van der Waals surface area contributed by atoms with Gasteiger partial charge in [0.2, 0.25) is 0 Å². The number of aliphatic imine (C=N–C) groups is 1. The van der Waals surface area contributed by atoms with Crippen LogP contribution in [0.4, 0.5) is 5.82 Å². The van der Waals surface area contributed by atoms with Gasteiger partial charge in [-0.15, -0.1) is 0 Å². The van der Waals surface area contributed by atoms with Crippen molar-refractivity contribution in [1.82, 2.24) is 10.3 Å². The zero-order chi connectivity index (χ0) is 8.81. The van der Waals surface area contributed by atoms with E-state index >= 15 is 0 Å². The van der Waals surface area contributed by atoms with Gasteiger partial charge in [-0.05, 0) is 12.1 Å². The first-order valence-corrected chi connectivity index (χ1v) is 3.69. The third-order valence-electron chi connectivity index (χ3n) is 1.37. The van der Waals surface area contributed by atoms with Crippen LogP contribution in [-0.2, 0) is 0 Å². The van der Waals surface area contributed by atoms with Crippen molar-refractivity contribution in [2.45, 2.75) is 0 Å². The summed E-state index contributed by atoms with van der Waals surface area (Å²) >= 11 is 0. The fraction of sp³-hybridized carbons (Fsp3) is 0.250. The van der Waals surface area contributed by atoms with Crippen molar-refractivity contribution in [3.05, 3.63) is 24.4 Å².